The molecule has 2 aliphatic rings. The van der Waals surface area contributed by atoms with E-state index in [4.69, 9.17) is 14.2 Å². The summed E-state index contributed by atoms with van der Waals surface area (Å²) in [5.74, 6) is 1.35. The average molecular weight is 371 g/mol. The summed E-state index contributed by atoms with van der Waals surface area (Å²) in [5, 5.41) is 4.44. The number of carbonyl (C=O) groups is 1. The molecule has 0 saturated heterocycles. The molecule has 7 heteroatoms. The molecule has 1 aromatic heterocycles. The van der Waals surface area contributed by atoms with Gasteiger partial charge in [0.1, 0.15) is 0 Å². The van der Waals surface area contributed by atoms with Crippen LogP contribution in [0.25, 0.3) is 0 Å². The van der Waals surface area contributed by atoms with Crippen LogP contribution in [0.1, 0.15) is 41.9 Å². The van der Waals surface area contributed by atoms with Gasteiger partial charge in [0.05, 0.1) is 31.5 Å². The molecule has 2 aliphatic heterocycles. The molecule has 7 nitrogen and oxygen atoms in total. The van der Waals surface area contributed by atoms with E-state index < -0.39 is 0 Å². The molecule has 1 atom stereocenters. The van der Waals surface area contributed by atoms with Crippen molar-refractivity contribution in [2.24, 2.45) is 0 Å². The van der Waals surface area contributed by atoms with E-state index in [0.717, 1.165) is 18.5 Å². The molecule has 0 fully saturated rings. The van der Waals surface area contributed by atoms with Crippen LogP contribution in [0, 0.1) is 0 Å². The predicted molar refractivity (Wildman–Crippen MR) is 99.2 cm³/mol. The van der Waals surface area contributed by atoms with E-state index in [2.05, 4.69) is 5.10 Å². The number of amides is 1. The van der Waals surface area contributed by atoms with Crippen molar-refractivity contribution < 1.29 is 19.0 Å². The molecule has 0 unspecified atom stereocenters. The lowest BCUT2D eigenvalue weighted by Crippen LogP contribution is -2.41. The Bertz CT molecular complexity index is 804. The smallest absolute Gasteiger partial charge is 0.254 e. The highest BCUT2D eigenvalue weighted by Gasteiger charge is 2.29. The summed E-state index contributed by atoms with van der Waals surface area (Å²) in [6.07, 6.45) is 3.47. The van der Waals surface area contributed by atoms with Gasteiger partial charge in [-0.2, -0.15) is 5.10 Å². The summed E-state index contributed by atoms with van der Waals surface area (Å²) in [6.45, 7) is 5.75. The summed E-state index contributed by atoms with van der Waals surface area (Å²) >= 11 is 0. The van der Waals surface area contributed by atoms with Crippen LogP contribution in [0.15, 0.2) is 30.5 Å². The lowest BCUT2D eigenvalue weighted by atomic mass is 10.1. The highest BCUT2D eigenvalue weighted by Crippen LogP contribution is 2.32. The van der Waals surface area contributed by atoms with Gasteiger partial charge in [0.2, 0.25) is 0 Å². The van der Waals surface area contributed by atoms with E-state index in [0.29, 0.717) is 56.6 Å². The van der Waals surface area contributed by atoms with E-state index in [1.807, 2.05) is 34.7 Å². The quantitative estimate of drug-likeness (QED) is 0.756. The number of rotatable bonds is 5. The second kappa shape index (κ2) is 8.00. The first kappa shape index (κ1) is 17.9. The molecular weight excluding hydrogens is 346 g/mol. The predicted octanol–water partition coefficient (Wildman–Crippen LogP) is 2.67. The standard InChI is InChI=1S/C20H25N3O4/c1-2-25-11-7-17-14-22(13-16-6-8-21-23(16)17)20(24)15-4-5-18-19(12-15)27-10-3-9-26-18/h4-6,8,12,17H,2-3,7,9-11,13-14H2,1H3/t17-/m0/s1. The van der Waals surface area contributed by atoms with Crippen LogP contribution < -0.4 is 9.47 Å². The minimum absolute atomic E-state index is 0.000457. The van der Waals surface area contributed by atoms with Gasteiger partial charge in [0.25, 0.3) is 5.91 Å². The molecule has 3 heterocycles. The fraction of sp³-hybridized carbons (Fsp3) is 0.500. The van der Waals surface area contributed by atoms with E-state index in [1.54, 1.807) is 12.3 Å². The van der Waals surface area contributed by atoms with E-state index in [1.165, 1.54) is 0 Å². The lowest BCUT2D eigenvalue weighted by Gasteiger charge is -2.34. The lowest BCUT2D eigenvalue weighted by molar-refractivity contribution is 0.0625. The van der Waals surface area contributed by atoms with Crippen molar-refractivity contribution in [2.75, 3.05) is 33.0 Å². The van der Waals surface area contributed by atoms with Crippen LogP contribution in [0.4, 0.5) is 0 Å². The maximum atomic E-state index is 13.1. The van der Waals surface area contributed by atoms with Gasteiger partial charge in [0, 0.05) is 37.9 Å². The van der Waals surface area contributed by atoms with Crippen LogP contribution in [0.3, 0.4) is 0 Å². The largest absolute Gasteiger partial charge is 0.490 e. The fourth-order valence-corrected chi connectivity index (χ4v) is 3.60. The summed E-state index contributed by atoms with van der Waals surface area (Å²) in [6, 6.07) is 7.54. The van der Waals surface area contributed by atoms with Crippen molar-refractivity contribution in [2.45, 2.75) is 32.4 Å². The van der Waals surface area contributed by atoms with Crippen molar-refractivity contribution >= 4 is 5.91 Å². The highest BCUT2D eigenvalue weighted by atomic mass is 16.5. The first-order valence-electron chi connectivity index (χ1n) is 9.55. The number of ether oxygens (including phenoxy) is 3. The van der Waals surface area contributed by atoms with Crippen molar-refractivity contribution in [1.29, 1.82) is 0 Å². The Hall–Kier alpha value is -2.54. The third-order valence-electron chi connectivity index (χ3n) is 4.96. The molecule has 144 valence electrons. The molecule has 0 N–H and O–H groups in total. The number of hydrogen-bond donors (Lipinski definition) is 0. The van der Waals surface area contributed by atoms with Gasteiger partial charge < -0.3 is 19.1 Å². The Morgan fingerprint density at radius 2 is 2.11 bits per heavy atom. The topological polar surface area (TPSA) is 65.8 Å². The van der Waals surface area contributed by atoms with E-state index >= 15 is 0 Å². The molecule has 0 bridgehead atoms. The molecule has 1 aromatic carbocycles. The average Bonchev–Trinajstić information content (AvgIpc) is 3.04. The van der Waals surface area contributed by atoms with Crippen molar-refractivity contribution in [3.05, 3.63) is 41.7 Å². The number of fused-ring (bicyclic) bond motifs is 2. The minimum Gasteiger partial charge on any atom is -0.490 e. The zero-order valence-electron chi connectivity index (χ0n) is 15.6. The highest BCUT2D eigenvalue weighted by molar-refractivity contribution is 5.95. The number of nitrogens with zero attached hydrogens (tertiary/aromatic N) is 3. The van der Waals surface area contributed by atoms with Gasteiger partial charge in [-0.3, -0.25) is 9.48 Å². The summed E-state index contributed by atoms with van der Waals surface area (Å²) in [7, 11) is 0. The molecule has 0 saturated carbocycles. The van der Waals surface area contributed by atoms with Crippen molar-refractivity contribution in [1.82, 2.24) is 14.7 Å². The van der Waals surface area contributed by atoms with Crippen molar-refractivity contribution in [3.8, 4) is 11.5 Å². The first-order chi connectivity index (χ1) is 13.3. The van der Waals surface area contributed by atoms with Gasteiger partial charge >= 0.3 is 0 Å². The normalized spacial score (nSPS) is 18.7. The van der Waals surface area contributed by atoms with Crippen LogP contribution in [-0.2, 0) is 11.3 Å². The van der Waals surface area contributed by atoms with Gasteiger partial charge in [-0.15, -0.1) is 0 Å². The molecular formula is C20H25N3O4. The second-order valence-electron chi connectivity index (χ2n) is 6.80. The van der Waals surface area contributed by atoms with Gasteiger partial charge in [-0.05, 0) is 37.6 Å². The van der Waals surface area contributed by atoms with Crippen LogP contribution in [0.5, 0.6) is 11.5 Å². The molecule has 27 heavy (non-hydrogen) atoms. The Balaban J connectivity index is 1.53. The zero-order chi connectivity index (χ0) is 18.6. The molecule has 0 spiro atoms. The Morgan fingerprint density at radius 3 is 2.96 bits per heavy atom. The molecule has 4 rings (SSSR count). The second-order valence-corrected chi connectivity index (χ2v) is 6.80. The summed E-state index contributed by atoms with van der Waals surface area (Å²) < 4.78 is 18.9. The number of carbonyl (C=O) groups excluding carboxylic acids is 1. The van der Waals surface area contributed by atoms with Crippen molar-refractivity contribution in [3.63, 3.8) is 0 Å². The molecule has 0 radical (unpaired) electrons. The number of aromatic nitrogens is 2. The van der Waals surface area contributed by atoms with Gasteiger partial charge in [0.15, 0.2) is 11.5 Å². The Labute approximate surface area is 158 Å². The van der Waals surface area contributed by atoms with Crippen LogP contribution in [0.2, 0.25) is 0 Å². The Morgan fingerprint density at radius 1 is 1.26 bits per heavy atom. The third-order valence-corrected chi connectivity index (χ3v) is 4.96. The SMILES string of the molecule is CCOCC[C@H]1CN(C(=O)c2ccc3c(c2)OCCCO3)Cc2ccnn21. The molecule has 0 aliphatic carbocycles. The minimum atomic E-state index is -0.000457. The van der Waals surface area contributed by atoms with E-state index in [-0.39, 0.29) is 11.9 Å². The molecule has 1 amide bonds. The monoisotopic (exact) mass is 371 g/mol. The van der Waals surface area contributed by atoms with Crippen LogP contribution in [-0.4, -0.2) is 53.6 Å². The zero-order valence-corrected chi connectivity index (χ0v) is 15.6. The summed E-state index contributed by atoms with van der Waals surface area (Å²) in [4.78, 5) is 15.0. The van der Waals surface area contributed by atoms with Gasteiger partial charge in [-0.25, -0.2) is 0 Å². The maximum absolute atomic E-state index is 13.1. The van der Waals surface area contributed by atoms with Crippen LogP contribution >= 0.6 is 0 Å². The first-order valence-corrected chi connectivity index (χ1v) is 9.55. The third kappa shape index (κ3) is 3.78. The van der Waals surface area contributed by atoms with Gasteiger partial charge in [-0.1, -0.05) is 0 Å². The Kier molecular flexibility index (Phi) is 5.29. The fourth-order valence-electron chi connectivity index (χ4n) is 3.60. The summed E-state index contributed by atoms with van der Waals surface area (Å²) in [5.41, 5.74) is 1.67. The van der Waals surface area contributed by atoms with E-state index in [9.17, 15) is 4.79 Å². The molecule has 2 aromatic rings. The maximum Gasteiger partial charge on any atom is 0.254 e. The number of benzene rings is 1. The number of hydrogen-bond acceptors (Lipinski definition) is 5.